The standard InChI is InChI=1S/C25H23BrCl3F3N2O2/c1-3-10-34(2)23(36)24(8-9-24)33-22(35)16-6-4-14(11-18(16)26)5-7-17(25(30,31)32)15-12-19(27)21(29)20(28)13-15/h4-7,11-13,17H,3,8-10H2,1-2H3,(H,33,35). The van der Waals surface area contributed by atoms with Crippen LogP contribution < -0.4 is 5.32 Å². The highest BCUT2D eigenvalue weighted by Gasteiger charge is 2.52. The fourth-order valence-electron chi connectivity index (χ4n) is 3.79. The molecule has 0 radical (unpaired) electrons. The summed E-state index contributed by atoms with van der Waals surface area (Å²) in [6, 6.07) is 6.82. The highest BCUT2D eigenvalue weighted by molar-refractivity contribution is 9.10. The van der Waals surface area contributed by atoms with Crippen LogP contribution in [0.1, 0.15) is 53.6 Å². The lowest BCUT2D eigenvalue weighted by Gasteiger charge is -2.24. The lowest BCUT2D eigenvalue weighted by atomic mass is 9.97. The Kier molecular flexibility index (Phi) is 9.08. The Morgan fingerprint density at radius 3 is 2.28 bits per heavy atom. The third-order valence-electron chi connectivity index (χ3n) is 5.85. The maximum Gasteiger partial charge on any atom is 0.399 e. The number of allylic oxidation sites excluding steroid dienone is 1. The number of halogens is 7. The molecule has 1 saturated carbocycles. The minimum Gasteiger partial charge on any atom is -0.344 e. The number of amides is 2. The molecule has 3 rings (SSSR count). The van der Waals surface area contributed by atoms with Gasteiger partial charge in [0.25, 0.3) is 5.91 Å². The first-order chi connectivity index (χ1) is 16.8. The molecule has 1 unspecified atom stereocenters. The Hall–Kier alpha value is -1.74. The monoisotopic (exact) mass is 624 g/mol. The summed E-state index contributed by atoms with van der Waals surface area (Å²) < 4.78 is 41.8. The summed E-state index contributed by atoms with van der Waals surface area (Å²) in [4.78, 5) is 27.2. The number of alkyl halides is 3. The van der Waals surface area contributed by atoms with E-state index in [2.05, 4.69) is 21.2 Å². The number of carbonyl (C=O) groups is 2. The molecule has 0 aliphatic heterocycles. The van der Waals surface area contributed by atoms with Gasteiger partial charge in [0, 0.05) is 18.1 Å². The lowest BCUT2D eigenvalue weighted by Crippen LogP contribution is -2.49. The highest BCUT2D eigenvalue weighted by Crippen LogP contribution is 2.41. The second-order valence-electron chi connectivity index (χ2n) is 8.68. The number of benzene rings is 2. The van der Waals surface area contributed by atoms with Crippen molar-refractivity contribution < 1.29 is 22.8 Å². The molecule has 1 fully saturated rings. The zero-order valence-electron chi connectivity index (χ0n) is 19.4. The molecular weight excluding hydrogens is 604 g/mol. The summed E-state index contributed by atoms with van der Waals surface area (Å²) in [5.41, 5.74) is -0.354. The van der Waals surface area contributed by atoms with Crippen LogP contribution in [0.3, 0.4) is 0 Å². The summed E-state index contributed by atoms with van der Waals surface area (Å²) in [5, 5.41) is 2.66. The van der Waals surface area contributed by atoms with Crippen LogP contribution in [-0.4, -0.2) is 42.0 Å². The van der Waals surface area contributed by atoms with E-state index in [9.17, 15) is 22.8 Å². The molecule has 194 valence electrons. The quantitative estimate of drug-likeness (QED) is 0.303. The number of hydrogen-bond donors (Lipinski definition) is 1. The van der Waals surface area contributed by atoms with Gasteiger partial charge in [0.15, 0.2) is 0 Å². The van der Waals surface area contributed by atoms with Crippen LogP contribution in [0.4, 0.5) is 13.2 Å². The number of nitrogens with one attached hydrogen (secondary N) is 1. The fraction of sp³-hybridized carbons (Fsp3) is 0.360. The average molecular weight is 627 g/mol. The van der Waals surface area contributed by atoms with E-state index in [0.29, 0.717) is 29.4 Å². The van der Waals surface area contributed by atoms with Crippen LogP contribution in [0.5, 0.6) is 0 Å². The highest BCUT2D eigenvalue weighted by atomic mass is 79.9. The van der Waals surface area contributed by atoms with E-state index < -0.39 is 23.5 Å². The predicted molar refractivity (Wildman–Crippen MR) is 141 cm³/mol. The van der Waals surface area contributed by atoms with Gasteiger partial charge in [0.05, 0.1) is 26.5 Å². The number of rotatable bonds is 8. The van der Waals surface area contributed by atoms with Crippen molar-refractivity contribution in [3.63, 3.8) is 0 Å². The normalized spacial score (nSPS) is 15.6. The smallest absolute Gasteiger partial charge is 0.344 e. The Bertz CT molecular complexity index is 1180. The topological polar surface area (TPSA) is 49.4 Å². The van der Waals surface area contributed by atoms with Crippen molar-refractivity contribution >= 4 is 68.6 Å². The third kappa shape index (κ3) is 6.57. The second-order valence-corrected chi connectivity index (χ2v) is 10.7. The van der Waals surface area contributed by atoms with E-state index in [0.717, 1.165) is 24.6 Å². The number of nitrogens with zero attached hydrogens (tertiary/aromatic N) is 1. The molecule has 2 aromatic rings. The molecule has 36 heavy (non-hydrogen) atoms. The first-order valence-electron chi connectivity index (χ1n) is 11.1. The van der Waals surface area contributed by atoms with Crippen LogP contribution in [0.25, 0.3) is 6.08 Å². The number of hydrogen-bond acceptors (Lipinski definition) is 2. The molecule has 0 saturated heterocycles. The lowest BCUT2D eigenvalue weighted by molar-refractivity contribution is -0.139. The first kappa shape index (κ1) is 28.8. The Morgan fingerprint density at radius 1 is 1.17 bits per heavy atom. The summed E-state index contributed by atoms with van der Waals surface area (Å²) in [6.45, 7) is 2.56. The van der Waals surface area contributed by atoms with Crippen molar-refractivity contribution in [3.05, 3.63) is 72.6 Å². The van der Waals surface area contributed by atoms with E-state index in [1.807, 2.05) is 6.92 Å². The molecule has 4 nitrogen and oxygen atoms in total. The van der Waals surface area contributed by atoms with Gasteiger partial charge < -0.3 is 10.2 Å². The van der Waals surface area contributed by atoms with Gasteiger partial charge in [0.1, 0.15) is 5.54 Å². The summed E-state index contributed by atoms with van der Waals surface area (Å²) >= 11 is 21.0. The molecule has 0 heterocycles. The Labute approximate surface area is 230 Å². The first-order valence-corrected chi connectivity index (χ1v) is 13.0. The maximum atomic E-state index is 13.8. The van der Waals surface area contributed by atoms with E-state index in [1.165, 1.54) is 24.3 Å². The SMILES string of the molecule is CCCN(C)C(=O)C1(NC(=O)c2ccc(C=CC(c3cc(Cl)c(Cl)c(Cl)c3)C(F)(F)F)cc2Br)CC1. The van der Waals surface area contributed by atoms with Gasteiger partial charge in [0.2, 0.25) is 5.91 Å². The van der Waals surface area contributed by atoms with E-state index in [4.69, 9.17) is 34.8 Å². The molecule has 0 spiro atoms. The average Bonchev–Trinajstić information content (AvgIpc) is 3.56. The molecule has 2 amide bonds. The summed E-state index contributed by atoms with van der Waals surface area (Å²) in [6.07, 6.45) is -0.404. The van der Waals surface area contributed by atoms with Crippen molar-refractivity contribution in [2.75, 3.05) is 13.6 Å². The van der Waals surface area contributed by atoms with Gasteiger partial charge in [-0.25, -0.2) is 0 Å². The van der Waals surface area contributed by atoms with Crippen LogP contribution in [0.2, 0.25) is 15.1 Å². The predicted octanol–water partition coefficient (Wildman–Crippen LogP) is 7.90. The van der Waals surface area contributed by atoms with Crippen LogP contribution in [0, 0.1) is 0 Å². The van der Waals surface area contributed by atoms with Gasteiger partial charge in [-0.2, -0.15) is 13.2 Å². The van der Waals surface area contributed by atoms with Crippen LogP contribution in [-0.2, 0) is 4.79 Å². The Balaban J connectivity index is 1.80. The molecule has 1 aliphatic rings. The molecule has 1 aliphatic carbocycles. The largest absolute Gasteiger partial charge is 0.399 e. The van der Waals surface area contributed by atoms with Crippen molar-refractivity contribution in [1.29, 1.82) is 0 Å². The number of likely N-dealkylation sites (N-methyl/N-ethyl adjacent to an activating group) is 1. The van der Waals surface area contributed by atoms with E-state index in [1.54, 1.807) is 11.9 Å². The Morgan fingerprint density at radius 2 is 1.78 bits per heavy atom. The molecule has 2 aromatic carbocycles. The van der Waals surface area contributed by atoms with Gasteiger partial charge in [-0.1, -0.05) is 59.9 Å². The van der Waals surface area contributed by atoms with Gasteiger partial charge in [-0.05, 0) is 70.6 Å². The van der Waals surface area contributed by atoms with Crippen LogP contribution in [0.15, 0.2) is 40.9 Å². The molecular formula is C25H23BrCl3F3N2O2. The summed E-state index contributed by atoms with van der Waals surface area (Å²) in [5.74, 6) is -2.55. The minimum absolute atomic E-state index is 0.0172. The third-order valence-corrected chi connectivity index (χ3v) is 7.71. The molecule has 11 heteroatoms. The van der Waals surface area contributed by atoms with Gasteiger partial charge in [-0.3, -0.25) is 9.59 Å². The van der Waals surface area contributed by atoms with Crippen LogP contribution >= 0.6 is 50.7 Å². The van der Waals surface area contributed by atoms with Gasteiger partial charge in [-0.15, -0.1) is 0 Å². The fourth-order valence-corrected chi connectivity index (χ4v) is 4.98. The van der Waals surface area contributed by atoms with Crippen molar-refractivity contribution in [1.82, 2.24) is 10.2 Å². The molecule has 0 bridgehead atoms. The molecule has 1 atom stereocenters. The van der Waals surface area contributed by atoms with Gasteiger partial charge >= 0.3 is 6.18 Å². The number of carbonyl (C=O) groups excluding carboxylic acids is 2. The maximum absolute atomic E-state index is 13.8. The zero-order valence-corrected chi connectivity index (χ0v) is 23.2. The van der Waals surface area contributed by atoms with Crippen molar-refractivity contribution in [2.24, 2.45) is 0 Å². The minimum atomic E-state index is -4.61. The second kappa shape index (κ2) is 11.3. The van der Waals surface area contributed by atoms with E-state index in [-0.39, 0.29) is 32.1 Å². The van der Waals surface area contributed by atoms with E-state index >= 15 is 0 Å². The molecule has 0 aromatic heterocycles. The van der Waals surface area contributed by atoms with Crippen molar-refractivity contribution in [2.45, 2.75) is 43.8 Å². The molecule has 1 N–H and O–H groups in total. The zero-order chi connectivity index (χ0) is 26.8. The van der Waals surface area contributed by atoms with Crippen molar-refractivity contribution in [3.8, 4) is 0 Å². The summed E-state index contributed by atoms with van der Waals surface area (Å²) in [7, 11) is 1.70.